The third-order valence-corrected chi connectivity index (χ3v) is 5.83. The fourth-order valence-electron chi connectivity index (χ4n) is 4.67. The third kappa shape index (κ3) is 2.54. The molecule has 4 heteroatoms. The molecule has 1 N–H and O–H groups in total. The number of hydrogen-bond acceptors (Lipinski definition) is 2. The SMILES string of the molecule is [2H]C1(c2c(-c3ccccc3)n3c4c(c(C(=O)O)ccc24)OCC3)CCCCC1. The van der Waals surface area contributed by atoms with Crippen LogP contribution in [0.15, 0.2) is 42.5 Å². The average Bonchev–Trinajstić information content (AvgIpc) is 3.06. The second-order valence-electron chi connectivity index (χ2n) is 7.40. The normalized spacial score (nSPS) is 18.7. The molecule has 3 aromatic rings. The van der Waals surface area contributed by atoms with Crippen LogP contribution in [0, 0.1) is 0 Å². The van der Waals surface area contributed by atoms with E-state index in [1.54, 1.807) is 6.07 Å². The summed E-state index contributed by atoms with van der Waals surface area (Å²) in [4.78, 5) is 11.8. The molecular weight excluding hydrogens is 338 g/mol. The summed E-state index contributed by atoms with van der Waals surface area (Å²) in [6, 6.07) is 13.7. The lowest BCUT2D eigenvalue weighted by Gasteiger charge is -2.24. The average molecular weight is 362 g/mol. The number of ether oxygens (including phenoxy) is 1. The molecule has 1 aliphatic heterocycles. The first kappa shape index (κ1) is 15.3. The summed E-state index contributed by atoms with van der Waals surface area (Å²) in [7, 11) is 0. The molecule has 2 aliphatic rings. The predicted molar refractivity (Wildman–Crippen MR) is 106 cm³/mol. The van der Waals surface area contributed by atoms with E-state index in [0.29, 0.717) is 18.9 Å². The summed E-state index contributed by atoms with van der Waals surface area (Å²) in [6.07, 6.45) is 4.96. The summed E-state index contributed by atoms with van der Waals surface area (Å²) in [5.74, 6) is -1.19. The molecule has 0 atom stereocenters. The van der Waals surface area contributed by atoms with Gasteiger partial charge in [-0.2, -0.15) is 0 Å². The van der Waals surface area contributed by atoms with Crippen LogP contribution in [-0.4, -0.2) is 22.2 Å². The van der Waals surface area contributed by atoms with Crippen LogP contribution < -0.4 is 4.74 Å². The van der Waals surface area contributed by atoms with Crippen molar-refractivity contribution >= 4 is 16.9 Å². The van der Waals surface area contributed by atoms with Gasteiger partial charge in [0.15, 0.2) is 5.75 Å². The van der Waals surface area contributed by atoms with Crippen LogP contribution in [0.25, 0.3) is 22.2 Å². The van der Waals surface area contributed by atoms with Crippen molar-refractivity contribution in [3.05, 3.63) is 53.6 Å². The van der Waals surface area contributed by atoms with Gasteiger partial charge in [0.25, 0.3) is 0 Å². The molecular formula is C23H23NO3. The summed E-state index contributed by atoms with van der Waals surface area (Å²) in [6.45, 7) is 1.10. The number of carboxylic acid groups (broad SMARTS) is 1. The van der Waals surface area contributed by atoms with Crippen molar-refractivity contribution in [2.45, 2.75) is 44.5 Å². The molecule has 1 aliphatic carbocycles. The number of benzene rings is 2. The lowest BCUT2D eigenvalue weighted by atomic mass is 9.81. The lowest BCUT2D eigenvalue weighted by molar-refractivity contribution is 0.0692. The first-order chi connectivity index (χ1) is 13.6. The molecule has 138 valence electrons. The zero-order valence-electron chi connectivity index (χ0n) is 16.2. The maximum Gasteiger partial charge on any atom is 0.339 e. The lowest BCUT2D eigenvalue weighted by Crippen LogP contribution is -2.17. The van der Waals surface area contributed by atoms with Gasteiger partial charge in [-0.25, -0.2) is 4.79 Å². The smallest absolute Gasteiger partial charge is 0.339 e. The Morgan fingerprint density at radius 1 is 1.11 bits per heavy atom. The second-order valence-corrected chi connectivity index (χ2v) is 7.40. The number of carbonyl (C=O) groups is 1. The van der Waals surface area contributed by atoms with E-state index in [9.17, 15) is 11.3 Å². The van der Waals surface area contributed by atoms with Crippen molar-refractivity contribution in [1.82, 2.24) is 4.57 Å². The highest BCUT2D eigenvalue weighted by Crippen LogP contribution is 2.47. The minimum atomic E-state index is -0.979. The Hall–Kier alpha value is -2.75. The Labute approximate surface area is 159 Å². The predicted octanol–water partition coefficient (Wildman–Crippen LogP) is 5.45. The Morgan fingerprint density at radius 2 is 1.89 bits per heavy atom. The number of carboxylic acids is 1. The second kappa shape index (κ2) is 6.45. The number of nitrogens with zero attached hydrogens (tertiary/aromatic N) is 1. The standard InChI is InChI=1S/C23H23NO3/c25-23(26)18-12-11-17-19(15-7-3-1-4-8-15)20(16-9-5-2-6-10-16)24-13-14-27-22(18)21(17)24/h2,5-6,9-12,15H,1,3-4,7-8,13-14H2,(H,25,26)/i15D. The minimum Gasteiger partial charge on any atom is -0.489 e. The molecule has 0 bridgehead atoms. The van der Waals surface area contributed by atoms with Gasteiger partial charge in [0, 0.05) is 6.76 Å². The van der Waals surface area contributed by atoms with E-state index in [1.165, 1.54) is 6.42 Å². The van der Waals surface area contributed by atoms with E-state index in [4.69, 9.17) is 4.74 Å². The Bertz CT molecular complexity index is 1060. The van der Waals surface area contributed by atoms with E-state index < -0.39 is 11.9 Å². The Balaban J connectivity index is 1.90. The maximum atomic E-state index is 11.8. The first-order valence-corrected chi connectivity index (χ1v) is 9.71. The third-order valence-electron chi connectivity index (χ3n) is 5.83. The molecule has 1 fully saturated rings. The van der Waals surface area contributed by atoms with Gasteiger partial charge in [0.05, 0.1) is 17.8 Å². The van der Waals surface area contributed by atoms with Gasteiger partial charge in [0.1, 0.15) is 12.2 Å². The van der Waals surface area contributed by atoms with Crippen molar-refractivity contribution in [3.63, 3.8) is 0 Å². The van der Waals surface area contributed by atoms with Gasteiger partial charge in [-0.3, -0.25) is 0 Å². The molecule has 2 heterocycles. The molecule has 0 spiro atoms. The zero-order chi connectivity index (χ0) is 19.3. The number of aromatic carboxylic acids is 1. The van der Waals surface area contributed by atoms with Crippen LogP contribution >= 0.6 is 0 Å². The van der Waals surface area contributed by atoms with E-state index in [-0.39, 0.29) is 5.56 Å². The topological polar surface area (TPSA) is 51.5 Å². The van der Waals surface area contributed by atoms with Crippen molar-refractivity contribution in [3.8, 4) is 17.0 Å². The first-order valence-electron chi connectivity index (χ1n) is 10.2. The number of rotatable bonds is 3. The number of aromatic nitrogens is 1. The fourth-order valence-corrected chi connectivity index (χ4v) is 4.67. The maximum absolute atomic E-state index is 11.8. The summed E-state index contributed by atoms with van der Waals surface area (Å²) >= 11 is 0. The quantitative estimate of drug-likeness (QED) is 0.674. The van der Waals surface area contributed by atoms with Crippen LogP contribution in [0.4, 0.5) is 0 Å². The van der Waals surface area contributed by atoms with Crippen LogP contribution in [0.2, 0.25) is 0 Å². The van der Waals surface area contributed by atoms with E-state index in [1.807, 2.05) is 24.3 Å². The highest BCUT2D eigenvalue weighted by atomic mass is 16.5. The van der Waals surface area contributed by atoms with Crippen LogP contribution in [-0.2, 0) is 6.54 Å². The van der Waals surface area contributed by atoms with Crippen molar-refractivity contribution in [1.29, 1.82) is 0 Å². The van der Waals surface area contributed by atoms with Crippen LogP contribution in [0.5, 0.6) is 5.75 Å². The highest BCUT2D eigenvalue weighted by Gasteiger charge is 2.31. The van der Waals surface area contributed by atoms with Crippen LogP contribution in [0.3, 0.4) is 0 Å². The molecule has 5 rings (SSSR count). The zero-order valence-corrected chi connectivity index (χ0v) is 15.2. The summed E-state index contributed by atoms with van der Waals surface area (Å²) < 4.78 is 17.4. The molecule has 2 aromatic carbocycles. The summed E-state index contributed by atoms with van der Waals surface area (Å²) in [5.41, 5.74) is 4.20. The molecule has 27 heavy (non-hydrogen) atoms. The molecule has 0 unspecified atom stereocenters. The molecule has 1 saturated carbocycles. The van der Waals surface area contributed by atoms with Gasteiger partial charge in [-0.05, 0) is 35.9 Å². The highest BCUT2D eigenvalue weighted by molar-refractivity contribution is 6.03. The molecule has 0 saturated heterocycles. The van der Waals surface area contributed by atoms with Crippen molar-refractivity contribution in [2.75, 3.05) is 6.61 Å². The molecule has 0 amide bonds. The van der Waals surface area contributed by atoms with Gasteiger partial charge < -0.3 is 14.4 Å². The van der Waals surface area contributed by atoms with Crippen molar-refractivity contribution in [2.24, 2.45) is 0 Å². The van der Waals surface area contributed by atoms with E-state index in [2.05, 4.69) is 16.7 Å². The van der Waals surface area contributed by atoms with Crippen molar-refractivity contribution < 1.29 is 16.0 Å². The number of hydrogen-bond donors (Lipinski definition) is 1. The molecule has 0 radical (unpaired) electrons. The van der Waals surface area contributed by atoms with E-state index in [0.717, 1.165) is 53.4 Å². The van der Waals surface area contributed by atoms with Gasteiger partial charge in [0.2, 0.25) is 0 Å². The van der Waals surface area contributed by atoms with Gasteiger partial charge >= 0.3 is 5.97 Å². The minimum absolute atomic E-state index is 0.194. The fraction of sp³-hybridized carbons (Fsp3) is 0.348. The van der Waals surface area contributed by atoms with E-state index >= 15 is 0 Å². The largest absolute Gasteiger partial charge is 0.489 e. The van der Waals surface area contributed by atoms with Gasteiger partial charge in [-0.15, -0.1) is 0 Å². The Morgan fingerprint density at radius 3 is 2.63 bits per heavy atom. The Kier molecular flexibility index (Phi) is 3.66. The monoisotopic (exact) mass is 362 g/mol. The summed E-state index contributed by atoms with van der Waals surface area (Å²) in [5, 5.41) is 10.6. The molecule has 1 aromatic heterocycles. The van der Waals surface area contributed by atoms with Gasteiger partial charge in [-0.1, -0.05) is 55.7 Å². The molecule has 4 nitrogen and oxygen atoms in total. The van der Waals surface area contributed by atoms with Crippen LogP contribution in [0.1, 0.15) is 55.3 Å².